The second kappa shape index (κ2) is 39.4. The average Bonchev–Trinajstić information content (AvgIpc) is 1.66. The number of carbonyl (C=O) groups excluding carboxylic acids is 4. The van der Waals surface area contributed by atoms with Gasteiger partial charge < -0.3 is 28.9 Å². The van der Waals surface area contributed by atoms with Crippen LogP contribution < -0.4 is 4.74 Å². The first-order valence-electron chi connectivity index (χ1n) is 42.8. The molecule has 34 heteroatoms. The number of rotatable bonds is 17. The van der Waals surface area contributed by atoms with Crippen LogP contribution in [-0.4, -0.2) is 173 Å². The maximum absolute atomic E-state index is 14.0. The van der Waals surface area contributed by atoms with Crippen molar-refractivity contribution >= 4 is 57.6 Å². The lowest BCUT2D eigenvalue weighted by molar-refractivity contribution is -0.133. The first-order valence-corrected chi connectivity index (χ1v) is 45.2. The van der Waals surface area contributed by atoms with Crippen molar-refractivity contribution in [1.29, 1.82) is 0 Å². The van der Waals surface area contributed by atoms with Crippen molar-refractivity contribution in [3.05, 3.63) is 299 Å². The fraction of sp³-hybridized carbons (Fsp3) is 0.258. The summed E-state index contributed by atoms with van der Waals surface area (Å²) in [4.78, 5) is 101. The third-order valence-corrected chi connectivity index (χ3v) is 26.0. The first-order chi connectivity index (χ1) is 63.4. The number of amides is 4. The Balaban J connectivity index is 0.000000122. The van der Waals surface area contributed by atoms with Crippen LogP contribution in [0.4, 0.5) is 22.0 Å². The number of ether oxygens (including phenoxy) is 1. The zero-order valence-corrected chi connectivity index (χ0v) is 75.3. The van der Waals surface area contributed by atoms with Crippen LogP contribution in [0.2, 0.25) is 0 Å². The summed E-state index contributed by atoms with van der Waals surface area (Å²) >= 11 is 5.04. The third kappa shape index (κ3) is 20.6. The molecule has 8 aromatic heterocycles. The predicted octanol–water partition coefficient (Wildman–Crippen LogP) is 16.5. The van der Waals surface area contributed by atoms with Gasteiger partial charge in [-0.3, -0.25) is 19.2 Å². The summed E-state index contributed by atoms with van der Waals surface area (Å²) in [6.45, 7) is 16.9. The molecule has 8 aromatic carbocycles. The zero-order valence-electron chi connectivity index (χ0n) is 72.8. The van der Waals surface area contributed by atoms with Gasteiger partial charge in [-0.1, -0.05) is 91.0 Å². The van der Waals surface area contributed by atoms with Crippen molar-refractivity contribution in [1.82, 2.24) is 103 Å². The highest BCUT2D eigenvalue weighted by atomic mass is 32.1. The van der Waals surface area contributed by atoms with E-state index in [9.17, 15) is 41.1 Å². The van der Waals surface area contributed by atoms with Crippen LogP contribution in [0, 0.1) is 70.6 Å². The van der Waals surface area contributed by atoms with Gasteiger partial charge in [0, 0.05) is 149 Å². The fourth-order valence-corrected chi connectivity index (χ4v) is 18.9. The Morgan fingerprint density at radius 1 is 0.344 bits per heavy atom. The molecule has 0 radical (unpaired) electrons. The van der Waals surface area contributed by atoms with Gasteiger partial charge in [-0.15, -0.1) is 54.4 Å². The molecule has 0 saturated carbocycles. The number of hydrogen-bond donors (Lipinski definition) is 0. The zero-order chi connectivity index (χ0) is 91.1. The number of methoxy groups -OCH3 is 1. The van der Waals surface area contributed by atoms with Crippen molar-refractivity contribution in [3.8, 4) is 96.9 Å². The summed E-state index contributed by atoms with van der Waals surface area (Å²) < 4.78 is 82.4. The number of halogens is 5. The van der Waals surface area contributed by atoms with E-state index in [2.05, 4.69) is 49.9 Å². The van der Waals surface area contributed by atoms with E-state index in [1.54, 1.807) is 135 Å². The molecular weight excluding hydrogens is 1730 g/mol. The fourth-order valence-electron chi connectivity index (χ4n) is 16.0. The molecule has 4 aliphatic rings. The molecule has 0 bridgehead atoms. The molecule has 4 amide bonds. The number of benzene rings is 8. The molecule has 0 N–H and O–H groups in total. The molecule has 131 heavy (non-hydrogen) atoms. The van der Waals surface area contributed by atoms with E-state index in [0.29, 0.717) is 144 Å². The average molecular weight is 1820 g/mol. The van der Waals surface area contributed by atoms with E-state index in [0.717, 1.165) is 97.3 Å². The molecular formula is C97H90F5N21O5S3. The molecule has 26 nitrogen and oxygen atoms in total. The Bertz CT molecular complexity index is 6770. The normalized spacial score (nSPS) is 13.4. The Kier molecular flexibility index (Phi) is 26.7. The molecule has 0 fully saturated rings. The van der Waals surface area contributed by atoms with Crippen molar-refractivity contribution in [2.24, 2.45) is 0 Å². The van der Waals surface area contributed by atoms with Gasteiger partial charge in [0.1, 0.15) is 55.3 Å². The van der Waals surface area contributed by atoms with Gasteiger partial charge in [0.05, 0.1) is 52.3 Å². The summed E-state index contributed by atoms with van der Waals surface area (Å²) in [5.41, 5.74) is 10.7. The lowest BCUT2D eigenvalue weighted by atomic mass is 10.1. The smallest absolute Gasteiger partial charge is 0.245 e. The second-order valence-corrected chi connectivity index (χ2v) is 35.9. The lowest BCUT2D eigenvalue weighted by Gasteiger charge is -2.20. The monoisotopic (exact) mass is 1820 g/mol. The van der Waals surface area contributed by atoms with E-state index in [-0.39, 0.29) is 78.8 Å². The van der Waals surface area contributed by atoms with Crippen LogP contribution in [0.15, 0.2) is 200 Å². The van der Waals surface area contributed by atoms with Gasteiger partial charge in [0.2, 0.25) is 23.6 Å². The van der Waals surface area contributed by atoms with Crippen LogP contribution in [0.1, 0.15) is 69.3 Å². The van der Waals surface area contributed by atoms with Crippen LogP contribution in [-0.2, 0) is 97.1 Å². The molecule has 0 atom stereocenters. The highest BCUT2D eigenvalue weighted by molar-refractivity contribution is 7.12. The molecule has 4 aliphatic heterocycles. The Labute approximate surface area is 763 Å². The van der Waals surface area contributed by atoms with Crippen LogP contribution in [0.25, 0.3) is 91.1 Å². The third-order valence-electron chi connectivity index (χ3n) is 22.9. The van der Waals surface area contributed by atoms with Gasteiger partial charge in [0.15, 0.2) is 58.2 Å². The van der Waals surface area contributed by atoms with Crippen molar-refractivity contribution < 1.29 is 45.9 Å². The number of carbonyl (C=O) groups is 4. The number of fused-ring (bicyclic) bond motifs is 4. The maximum atomic E-state index is 14.0. The van der Waals surface area contributed by atoms with Gasteiger partial charge in [-0.05, 0) is 155 Å². The largest absolute Gasteiger partial charge is 0.494 e. The van der Waals surface area contributed by atoms with E-state index >= 15 is 0 Å². The van der Waals surface area contributed by atoms with Crippen molar-refractivity contribution in [2.75, 3.05) is 46.4 Å². The molecule has 20 rings (SSSR count). The topological polar surface area (TPSA) is 270 Å². The van der Waals surface area contributed by atoms with Crippen LogP contribution in [0.5, 0.6) is 5.75 Å². The Morgan fingerprint density at radius 3 is 1.15 bits per heavy atom. The first kappa shape index (κ1) is 88.8. The number of hydrogen-bond acceptors (Lipinski definition) is 20. The summed E-state index contributed by atoms with van der Waals surface area (Å²) in [5.74, 6) is 3.20. The number of nitrogens with zero attached hydrogens (tertiary/aromatic N) is 21. The highest BCUT2D eigenvalue weighted by Crippen LogP contribution is 2.35. The molecule has 0 aliphatic carbocycles. The molecule has 0 spiro atoms. The number of imidazole rings is 1. The second-order valence-electron chi connectivity index (χ2n) is 32.0. The molecule has 0 unspecified atom stereocenters. The van der Waals surface area contributed by atoms with E-state index in [1.807, 2.05) is 133 Å². The highest BCUT2D eigenvalue weighted by Gasteiger charge is 2.32. The van der Waals surface area contributed by atoms with Gasteiger partial charge >= 0.3 is 0 Å². The predicted molar refractivity (Wildman–Crippen MR) is 489 cm³/mol. The van der Waals surface area contributed by atoms with Gasteiger partial charge in [-0.25, -0.2) is 80.6 Å². The van der Waals surface area contributed by atoms with Crippen molar-refractivity contribution in [2.45, 2.75) is 119 Å². The molecule has 16 aromatic rings. The van der Waals surface area contributed by atoms with Gasteiger partial charge in [0.25, 0.3) is 0 Å². The standard InChI is InChI=1S/C25H23F2N5O2S.C25H24FN5OS.C24H23FN6O.C23H20FN5OS/c1-15-28-20-9-11-31(12-10-22(20)35-15)23(33)14-32-25(17-5-8-19(27)21(13-17)34-2)29-24(30-32)16-3-6-18(26)7-4-16;1-16-14-19(8-9-20(16)26)25-28-24(18-6-4-3-5-7-18)29-31(25)15-23(32)30-12-10-21-22(11-13-30)33-17(2)27-21;1-17-15-19(7-8-20(17)25)23-27-24(18-5-3-2-4-6-18)31(28-23)16-22(32)30-11-9-21-26-10-12-29(21)13-14-30;1-14-10-17(8-9-18(14)24)22-26-23(16-6-4-3-5-7-16)29(27-22)13-21(30)28-11-19-20(12-28)31-15(2)25-19/h3-8,13H,9-12,14H2,1-2H3;3-9,14H,10-13,15H2,1-2H3;2-8,10,12,15H,9,11,13-14,16H2,1H3;3-10H,11-13H2,1-2H3. The van der Waals surface area contributed by atoms with E-state index in [4.69, 9.17) is 19.7 Å². The Morgan fingerprint density at radius 2 is 0.702 bits per heavy atom. The van der Waals surface area contributed by atoms with E-state index in [1.165, 1.54) is 64.0 Å². The Hall–Kier alpha value is -14.3. The quantitative estimate of drug-likeness (QED) is 0.0766. The van der Waals surface area contributed by atoms with Gasteiger partial charge in [-0.2, -0.15) is 0 Å². The number of thiazole rings is 3. The summed E-state index contributed by atoms with van der Waals surface area (Å²) in [5, 5.41) is 21.6. The lowest BCUT2D eigenvalue weighted by Crippen LogP contribution is -2.36. The maximum Gasteiger partial charge on any atom is 0.245 e. The van der Waals surface area contributed by atoms with Crippen LogP contribution >= 0.6 is 34.0 Å². The summed E-state index contributed by atoms with van der Waals surface area (Å²) in [7, 11) is 1.38. The van der Waals surface area contributed by atoms with E-state index < -0.39 is 5.82 Å². The summed E-state index contributed by atoms with van der Waals surface area (Å²) in [6, 6.07) is 53.6. The summed E-state index contributed by atoms with van der Waals surface area (Å²) in [6.07, 6.45) is 7.55. The molecule has 12 heterocycles. The number of aryl methyl sites for hydroxylation is 6. The minimum absolute atomic E-state index is 0.00790. The van der Waals surface area contributed by atoms with Crippen molar-refractivity contribution in [3.63, 3.8) is 0 Å². The minimum atomic E-state index is -0.502. The molecule has 0 saturated heterocycles. The molecule has 666 valence electrons. The van der Waals surface area contributed by atoms with Crippen LogP contribution in [0.3, 0.4) is 0 Å². The SMILES string of the molecule is COc1cc(-c2nc(-c3ccc(F)cc3)nn2CC(=O)N2CCc3nc(C)sc3CC2)ccc1F.Cc1cc(-c2nc(-c3ccccc3)n(CC(=O)N3CCc4nccn4CC3)n2)ccc1F.Cc1nc2c(s1)CCN(C(=O)Cn1nc(-c3ccccc3)nc1-c1ccc(F)c(C)c1)CC2.Cc1nc2c(s1)CN(C(=O)Cn1nc(-c3ccc(F)c(C)c3)nc1-c1ccccc1)C2. The number of aromatic nitrogens is 17. The minimum Gasteiger partial charge on any atom is -0.494 e.